The number of rotatable bonds is 6. The molecule has 2 N–H and O–H groups in total. The average molecular weight is 327 g/mol. The minimum atomic E-state index is -0.644. The fourth-order valence-electron chi connectivity index (χ4n) is 2.24. The zero-order valence-corrected chi connectivity index (χ0v) is 12.6. The molecule has 0 aliphatic rings. The third-order valence-electron chi connectivity index (χ3n) is 3.40. The van der Waals surface area contributed by atoms with Crippen LogP contribution < -0.4 is 5.32 Å². The molecule has 0 unspecified atom stereocenters. The van der Waals surface area contributed by atoms with Gasteiger partial charge in [-0.1, -0.05) is 30.3 Å². The fraction of sp³-hybridized carbons (Fsp3) is 0.125. The molecule has 0 aliphatic carbocycles. The van der Waals surface area contributed by atoms with E-state index < -0.39 is 10.7 Å². The number of aromatic nitrogens is 3. The molecule has 0 atom stereocenters. The summed E-state index contributed by atoms with van der Waals surface area (Å²) in [7, 11) is 0. The minimum absolute atomic E-state index is 0.268. The number of hydrogen-bond donors (Lipinski definition) is 2. The molecule has 0 radical (unpaired) electrons. The van der Waals surface area contributed by atoms with Gasteiger partial charge in [-0.2, -0.15) is 5.10 Å². The van der Waals surface area contributed by atoms with E-state index >= 15 is 0 Å². The van der Waals surface area contributed by atoms with Crippen LogP contribution in [-0.4, -0.2) is 26.6 Å². The summed E-state index contributed by atoms with van der Waals surface area (Å²) in [6.45, 7) is 0.399. The minimum Gasteiger partial charge on any atom is -0.379 e. The second kappa shape index (κ2) is 6.86. The Balaban J connectivity index is 1.64. The van der Waals surface area contributed by atoms with Crippen LogP contribution in [0.3, 0.4) is 0 Å². The first-order valence-corrected chi connectivity index (χ1v) is 7.28. The van der Waals surface area contributed by atoms with E-state index in [-0.39, 0.29) is 11.4 Å². The van der Waals surface area contributed by atoms with E-state index in [2.05, 4.69) is 20.5 Å². The smallest absolute Gasteiger partial charge is 0.295 e. The van der Waals surface area contributed by atoms with Crippen molar-refractivity contribution >= 4 is 11.4 Å². The van der Waals surface area contributed by atoms with Gasteiger partial charge in [0.1, 0.15) is 17.3 Å². The molecule has 0 saturated carbocycles. The van der Waals surface area contributed by atoms with Crippen LogP contribution in [0, 0.1) is 15.9 Å². The highest BCUT2D eigenvalue weighted by Gasteiger charge is 2.14. The van der Waals surface area contributed by atoms with E-state index in [9.17, 15) is 14.5 Å². The molecule has 8 heteroatoms. The molecule has 0 fully saturated rings. The normalized spacial score (nSPS) is 10.5. The Morgan fingerprint density at radius 2 is 2.00 bits per heavy atom. The molecule has 0 aliphatic heterocycles. The van der Waals surface area contributed by atoms with E-state index in [4.69, 9.17) is 0 Å². The Hall–Kier alpha value is -3.29. The highest BCUT2D eigenvalue weighted by molar-refractivity contribution is 5.61. The van der Waals surface area contributed by atoms with E-state index in [0.717, 1.165) is 11.6 Å². The number of nitrogens with zero attached hydrogens (tertiary/aromatic N) is 3. The first-order valence-electron chi connectivity index (χ1n) is 7.28. The molecule has 1 aromatic heterocycles. The SMILES string of the molecule is O=[N+]([O-])c1cc(F)ccc1NCCc1nc(-c2ccccc2)n[nH]1. The fourth-order valence-corrected chi connectivity index (χ4v) is 2.24. The third kappa shape index (κ3) is 3.54. The molecule has 122 valence electrons. The monoisotopic (exact) mass is 327 g/mol. The van der Waals surface area contributed by atoms with Gasteiger partial charge in [0.2, 0.25) is 0 Å². The molecule has 3 rings (SSSR count). The maximum atomic E-state index is 13.1. The summed E-state index contributed by atoms with van der Waals surface area (Å²) < 4.78 is 13.1. The van der Waals surface area contributed by atoms with Gasteiger partial charge in [0.15, 0.2) is 5.82 Å². The summed E-state index contributed by atoms with van der Waals surface area (Å²) in [5, 5.41) is 20.9. The van der Waals surface area contributed by atoms with E-state index in [1.54, 1.807) is 0 Å². The topological polar surface area (TPSA) is 96.7 Å². The van der Waals surface area contributed by atoms with Crippen molar-refractivity contribution in [3.8, 4) is 11.4 Å². The van der Waals surface area contributed by atoms with Crippen LogP contribution in [-0.2, 0) is 6.42 Å². The first-order chi connectivity index (χ1) is 11.6. The van der Waals surface area contributed by atoms with Gasteiger partial charge in [0.25, 0.3) is 5.69 Å². The number of aromatic amines is 1. The molecule has 0 amide bonds. The van der Waals surface area contributed by atoms with Crippen molar-refractivity contribution in [2.24, 2.45) is 0 Å². The molecular formula is C16H14FN5O2. The van der Waals surface area contributed by atoms with E-state index in [1.807, 2.05) is 30.3 Å². The molecule has 7 nitrogen and oxygen atoms in total. The number of anilines is 1. The Kier molecular flexibility index (Phi) is 4.46. The largest absolute Gasteiger partial charge is 0.379 e. The van der Waals surface area contributed by atoms with Gasteiger partial charge in [-0.15, -0.1) is 0 Å². The highest BCUT2D eigenvalue weighted by Crippen LogP contribution is 2.24. The Labute approximate surface area is 136 Å². The van der Waals surface area contributed by atoms with E-state index in [0.29, 0.717) is 24.6 Å². The van der Waals surface area contributed by atoms with Gasteiger partial charge >= 0.3 is 0 Å². The third-order valence-corrected chi connectivity index (χ3v) is 3.40. The van der Waals surface area contributed by atoms with Crippen molar-refractivity contribution in [1.82, 2.24) is 15.2 Å². The van der Waals surface area contributed by atoms with Crippen molar-refractivity contribution < 1.29 is 9.31 Å². The van der Waals surface area contributed by atoms with Gasteiger partial charge in [-0.05, 0) is 12.1 Å². The predicted octanol–water partition coefficient (Wildman–Crippen LogP) is 3.17. The molecule has 2 aromatic carbocycles. The van der Waals surface area contributed by atoms with Gasteiger partial charge in [-0.25, -0.2) is 9.37 Å². The summed E-state index contributed by atoms with van der Waals surface area (Å²) in [6, 6.07) is 13.0. The van der Waals surface area contributed by atoms with Crippen LogP contribution in [0.15, 0.2) is 48.5 Å². The number of nitro benzene ring substituents is 1. The summed E-state index contributed by atoms with van der Waals surface area (Å²) in [4.78, 5) is 14.7. The van der Waals surface area contributed by atoms with Gasteiger partial charge in [0.05, 0.1) is 11.0 Å². The average Bonchev–Trinajstić information content (AvgIpc) is 3.06. The van der Waals surface area contributed by atoms with Crippen molar-refractivity contribution in [3.05, 3.63) is 70.3 Å². The van der Waals surface area contributed by atoms with Crippen LogP contribution in [0.1, 0.15) is 5.82 Å². The van der Waals surface area contributed by atoms with Crippen molar-refractivity contribution in [1.29, 1.82) is 0 Å². The maximum Gasteiger partial charge on any atom is 0.295 e. The van der Waals surface area contributed by atoms with Crippen LogP contribution >= 0.6 is 0 Å². The lowest BCUT2D eigenvalue weighted by Gasteiger charge is -2.05. The lowest BCUT2D eigenvalue weighted by Crippen LogP contribution is -2.08. The number of H-pyrrole nitrogens is 1. The number of nitrogens with one attached hydrogen (secondary N) is 2. The van der Waals surface area contributed by atoms with Crippen molar-refractivity contribution in [3.63, 3.8) is 0 Å². The van der Waals surface area contributed by atoms with Crippen molar-refractivity contribution in [2.75, 3.05) is 11.9 Å². The Morgan fingerprint density at radius 3 is 2.75 bits per heavy atom. The number of halogens is 1. The van der Waals surface area contributed by atoms with Crippen LogP contribution in [0.25, 0.3) is 11.4 Å². The summed E-state index contributed by atoms with van der Waals surface area (Å²) in [5.41, 5.74) is 0.879. The Bertz CT molecular complexity index is 851. The van der Waals surface area contributed by atoms with Crippen LogP contribution in [0.2, 0.25) is 0 Å². The molecule has 1 heterocycles. The molecular weight excluding hydrogens is 313 g/mol. The van der Waals surface area contributed by atoms with Gasteiger partial charge in [0, 0.05) is 18.5 Å². The molecule has 0 saturated heterocycles. The highest BCUT2D eigenvalue weighted by atomic mass is 19.1. The molecule has 3 aromatic rings. The second-order valence-corrected chi connectivity index (χ2v) is 5.07. The predicted molar refractivity (Wildman–Crippen MR) is 87.1 cm³/mol. The quantitative estimate of drug-likeness (QED) is 0.535. The summed E-state index contributed by atoms with van der Waals surface area (Å²) >= 11 is 0. The second-order valence-electron chi connectivity index (χ2n) is 5.07. The standard InChI is InChI=1S/C16H14FN5O2/c17-12-6-7-13(14(10-12)22(23)24)18-9-8-15-19-16(21-20-15)11-4-2-1-3-5-11/h1-7,10,18H,8-9H2,(H,19,20,21). The lowest BCUT2D eigenvalue weighted by molar-refractivity contribution is -0.384. The summed E-state index contributed by atoms with van der Waals surface area (Å²) in [6.07, 6.45) is 0.494. The lowest BCUT2D eigenvalue weighted by atomic mass is 10.2. The zero-order chi connectivity index (χ0) is 16.9. The van der Waals surface area contributed by atoms with Crippen molar-refractivity contribution in [2.45, 2.75) is 6.42 Å². The van der Waals surface area contributed by atoms with Crippen LogP contribution in [0.4, 0.5) is 15.8 Å². The molecule has 0 spiro atoms. The molecule has 24 heavy (non-hydrogen) atoms. The maximum absolute atomic E-state index is 13.1. The zero-order valence-electron chi connectivity index (χ0n) is 12.6. The number of benzene rings is 2. The van der Waals surface area contributed by atoms with Gasteiger partial charge < -0.3 is 5.32 Å². The number of nitro groups is 1. The first kappa shape index (κ1) is 15.6. The Morgan fingerprint density at radius 1 is 1.21 bits per heavy atom. The molecule has 0 bridgehead atoms. The van der Waals surface area contributed by atoms with Crippen LogP contribution in [0.5, 0.6) is 0 Å². The van der Waals surface area contributed by atoms with Gasteiger partial charge in [-0.3, -0.25) is 15.2 Å². The van der Waals surface area contributed by atoms with E-state index in [1.165, 1.54) is 12.1 Å². The number of hydrogen-bond acceptors (Lipinski definition) is 5. The summed E-state index contributed by atoms with van der Waals surface area (Å²) in [5.74, 6) is 0.611.